The largest absolute Gasteiger partial charge is 0.255 e. The lowest BCUT2D eigenvalue weighted by Gasteiger charge is -2.12. The first-order valence-corrected chi connectivity index (χ1v) is 7.84. The molecule has 0 atom stereocenters. The van der Waals surface area contributed by atoms with Crippen molar-refractivity contribution in [2.45, 2.75) is 20.3 Å². The fourth-order valence-corrected chi connectivity index (χ4v) is 2.67. The number of hydrogen-bond donors (Lipinski definition) is 0. The van der Waals surface area contributed by atoms with E-state index >= 15 is 0 Å². The lowest BCUT2D eigenvalue weighted by Crippen LogP contribution is -2.14. The molecule has 0 unspecified atom stereocenters. The van der Waals surface area contributed by atoms with Crippen LogP contribution in [0.3, 0.4) is 0 Å². The molecule has 0 N–H and O–H groups in total. The lowest BCUT2D eigenvalue weighted by atomic mass is 9.95. The highest BCUT2D eigenvalue weighted by Crippen LogP contribution is 2.26. The number of benzene rings is 2. The third kappa shape index (κ3) is 4.35. The Kier molecular flexibility index (Phi) is 5.95. The molecule has 4 nitrogen and oxygen atoms in total. The van der Waals surface area contributed by atoms with Crippen LogP contribution in [0.5, 0.6) is 0 Å². The van der Waals surface area contributed by atoms with Gasteiger partial charge in [0.2, 0.25) is 0 Å². The zero-order valence-electron chi connectivity index (χ0n) is 13.6. The quantitative estimate of drug-likeness (QED) is 0.265. The molecule has 0 saturated carbocycles. The SMILES string of the molecule is Cc1cc(N=CN(C#N)CC#N)cc(C)c1Cc1ccccc1Cl. The zero-order valence-corrected chi connectivity index (χ0v) is 14.4. The standard InChI is InChI=1S/C19H17ClN4/c1-14-9-17(23-13-24(12-22)8-7-21)10-15(2)18(14)11-16-5-3-4-6-19(16)20/h3-6,9-10,13H,8,11H2,1-2H3. The highest BCUT2D eigenvalue weighted by atomic mass is 35.5. The van der Waals surface area contributed by atoms with Gasteiger partial charge in [-0.25, -0.2) is 4.99 Å². The molecule has 2 aromatic carbocycles. The third-order valence-electron chi connectivity index (χ3n) is 3.72. The third-order valence-corrected chi connectivity index (χ3v) is 4.09. The summed E-state index contributed by atoms with van der Waals surface area (Å²) >= 11 is 6.25. The lowest BCUT2D eigenvalue weighted by molar-refractivity contribution is 0.670. The van der Waals surface area contributed by atoms with Crippen molar-refractivity contribution in [2.75, 3.05) is 6.54 Å². The van der Waals surface area contributed by atoms with Gasteiger partial charge < -0.3 is 0 Å². The Morgan fingerprint density at radius 1 is 1.17 bits per heavy atom. The maximum absolute atomic E-state index is 8.90. The van der Waals surface area contributed by atoms with Crippen molar-refractivity contribution >= 4 is 23.6 Å². The Hall–Kier alpha value is -2.82. The van der Waals surface area contributed by atoms with Crippen molar-refractivity contribution in [3.63, 3.8) is 0 Å². The van der Waals surface area contributed by atoms with Gasteiger partial charge in [-0.1, -0.05) is 29.8 Å². The maximum atomic E-state index is 8.90. The number of nitriles is 2. The second-order valence-electron chi connectivity index (χ2n) is 5.46. The normalized spacial score (nSPS) is 10.4. The Morgan fingerprint density at radius 3 is 2.42 bits per heavy atom. The summed E-state index contributed by atoms with van der Waals surface area (Å²) in [5.41, 5.74) is 5.30. The first-order chi connectivity index (χ1) is 11.5. The van der Waals surface area contributed by atoms with Gasteiger partial charge in [-0.15, -0.1) is 0 Å². The van der Waals surface area contributed by atoms with Gasteiger partial charge in [0, 0.05) is 5.02 Å². The molecule has 0 saturated heterocycles. The van der Waals surface area contributed by atoms with Gasteiger partial charge in [-0.3, -0.25) is 4.90 Å². The molecule has 0 bridgehead atoms. The molecule has 0 aliphatic rings. The monoisotopic (exact) mass is 336 g/mol. The van der Waals surface area contributed by atoms with E-state index < -0.39 is 0 Å². The Bertz CT molecular complexity index is 820. The molecule has 0 amide bonds. The van der Waals surface area contributed by atoms with Crippen LogP contribution in [0.1, 0.15) is 22.3 Å². The van der Waals surface area contributed by atoms with Gasteiger partial charge in [0.25, 0.3) is 0 Å². The van der Waals surface area contributed by atoms with Gasteiger partial charge in [0.15, 0.2) is 6.19 Å². The summed E-state index contributed by atoms with van der Waals surface area (Å²) in [6.07, 6.45) is 4.04. The van der Waals surface area contributed by atoms with Crippen molar-refractivity contribution in [3.05, 3.63) is 63.7 Å². The van der Waals surface area contributed by atoms with E-state index in [9.17, 15) is 0 Å². The smallest absolute Gasteiger partial charge is 0.186 e. The summed E-state index contributed by atoms with van der Waals surface area (Å²) in [6.45, 7) is 4.06. The van der Waals surface area contributed by atoms with Crippen LogP contribution in [-0.2, 0) is 6.42 Å². The Labute approximate surface area is 147 Å². The van der Waals surface area contributed by atoms with Crippen LogP contribution in [0, 0.1) is 36.6 Å². The van der Waals surface area contributed by atoms with Gasteiger partial charge in [0.05, 0.1) is 11.8 Å². The van der Waals surface area contributed by atoms with E-state index in [1.807, 2.05) is 62.5 Å². The average Bonchev–Trinajstić information content (AvgIpc) is 2.56. The molecule has 0 aliphatic carbocycles. The van der Waals surface area contributed by atoms with E-state index in [2.05, 4.69) is 4.99 Å². The minimum absolute atomic E-state index is 0.0114. The van der Waals surface area contributed by atoms with E-state index in [1.165, 1.54) is 16.8 Å². The number of halogens is 1. The Morgan fingerprint density at radius 2 is 1.83 bits per heavy atom. The maximum Gasteiger partial charge on any atom is 0.186 e. The summed E-state index contributed by atoms with van der Waals surface area (Å²) in [4.78, 5) is 5.47. The number of hydrogen-bond acceptors (Lipinski definition) is 3. The molecule has 0 heterocycles. The van der Waals surface area contributed by atoms with Crippen LogP contribution in [0.15, 0.2) is 41.4 Å². The van der Waals surface area contributed by atoms with Crippen molar-refractivity contribution in [1.82, 2.24) is 4.90 Å². The van der Waals surface area contributed by atoms with E-state index in [1.54, 1.807) is 0 Å². The van der Waals surface area contributed by atoms with Gasteiger partial charge >= 0.3 is 0 Å². The molecular weight excluding hydrogens is 320 g/mol. The molecule has 0 aromatic heterocycles. The topological polar surface area (TPSA) is 63.2 Å². The van der Waals surface area contributed by atoms with Crippen LogP contribution in [-0.4, -0.2) is 17.8 Å². The number of aliphatic imine (C=N–C) groups is 1. The molecule has 0 spiro atoms. The minimum Gasteiger partial charge on any atom is -0.255 e. The van der Waals surface area contributed by atoms with Gasteiger partial charge in [-0.05, 0) is 60.7 Å². The molecular formula is C19H17ClN4. The van der Waals surface area contributed by atoms with E-state index in [0.29, 0.717) is 0 Å². The van der Waals surface area contributed by atoms with Crippen molar-refractivity contribution in [3.8, 4) is 12.3 Å². The van der Waals surface area contributed by atoms with Crippen molar-refractivity contribution in [2.24, 2.45) is 4.99 Å². The average molecular weight is 337 g/mol. The molecule has 2 aromatic rings. The Balaban J connectivity index is 2.26. The van der Waals surface area contributed by atoms with E-state index in [-0.39, 0.29) is 6.54 Å². The fraction of sp³-hybridized carbons (Fsp3) is 0.211. The van der Waals surface area contributed by atoms with Crippen LogP contribution in [0.25, 0.3) is 0 Å². The van der Waals surface area contributed by atoms with E-state index in [4.69, 9.17) is 22.1 Å². The predicted octanol–water partition coefficient (Wildman–Crippen LogP) is 4.51. The molecule has 0 aliphatic heterocycles. The second-order valence-corrected chi connectivity index (χ2v) is 5.86. The first-order valence-electron chi connectivity index (χ1n) is 7.46. The predicted molar refractivity (Wildman–Crippen MR) is 96.3 cm³/mol. The summed E-state index contributed by atoms with van der Waals surface area (Å²) < 4.78 is 0. The van der Waals surface area contributed by atoms with Crippen molar-refractivity contribution < 1.29 is 0 Å². The summed E-state index contributed by atoms with van der Waals surface area (Å²) in [6, 6.07) is 13.7. The van der Waals surface area contributed by atoms with Crippen LogP contribution in [0.4, 0.5) is 5.69 Å². The minimum atomic E-state index is -0.0114. The van der Waals surface area contributed by atoms with Gasteiger partial charge in [-0.2, -0.15) is 10.5 Å². The number of rotatable bonds is 5. The molecule has 120 valence electrons. The van der Waals surface area contributed by atoms with Crippen LogP contribution < -0.4 is 0 Å². The highest BCUT2D eigenvalue weighted by molar-refractivity contribution is 6.31. The summed E-state index contributed by atoms with van der Waals surface area (Å²) in [5, 5.41) is 18.3. The fourth-order valence-electron chi connectivity index (χ4n) is 2.47. The van der Waals surface area contributed by atoms with Crippen LogP contribution >= 0.6 is 11.6 Å². The van der Waals surface area contributed by atoms with E-state index in [0.717, 1.165) is 33.8 Å². The number of aryl methyl sites for hydroxylation is 2. The molecule has 0 radical (unpaired) electrons. The molecule has 24 heavy (non-hydrogen) atoms. The zero-order chi connectivity index (χ0) is 17.5. The summed E-state index contributed by atoms with van der Waals surface area (Å²) in [5.74, 6) is 0. The molecule has 0 fully saturated rings. The highest BCUT2D eigenvalue weighted by Gasteiger charge is 2.08. The van der Waals surface area contributed by atoms with Gasteiger partial charge in [0.1, 0.15) is 12.9 Å². The number of nitrogens with zero attached hydrogens (tertiary/aromatic N) is 4. The summed E-state index contributed by atoms with van der Waals surface area (Å²) in [7, 11) is 0. The van der Waals surface area contributed by atoms with Crippen LogP contribution in [0.2, 0.25) is 5.02 Å². The second kappa shape index (κ2) is 8.15. The molecule has 5 heteroatoms. The molecule has 2 rings (SSSR count). The van der Waals surface area contributed by atoms with Crippen molar-refractivity contribution in [1.29, 1.82) is 10.5 Å². The first kappa shape index (κ1) is 17.5.